The van der Waals surface area contributed by atoms with E-state index >= 15 is 0 Å². The van der Waals surface area contributed by atoms with E-state index in [4.69, 9.17) is 0 Å². The zero-order chi connectivity index (χ0) is 41.6. The summed E-state index contributed by atoms with van der Waals surface area (Å²) in [5, 5.41) is 22.4. The fraction of sp³-hybridized carbons (Fsp3) is 0.587. The van der Waals surface area contributed by atoms with Crippen molar-refractivity contribution < 1.29 is 24.3 Å². The standard InChI is InChI=1S/C46H65N5O5/c1-14-16-17-30(15-2)24-47-39(53)18-19-40(54)49-36-23-38-34(46(12,13)28(8)51(38)26(5)6)21-32(36)42-43(55)41(44(42)56)31-20-33-37(22-35(31)48-29(9)52)50(25(3)4)27(7)45(33,10)11/h20-23,25-28,30H,14-19,24H2,1-13H3,(H3,47,48,49,52,53,54,55,56)/p+1. The third kappa shape index (κ3) is 7.64. The van der Waals surface area contributed by atoms with Gasteiger partial charge in [-0.25, -0.2) is 4.58 Å². The maximum Gasteiger partial charge on any atom is 0.224 e. The van der Waals surface area contributed by atoms with Crippen LogP contribution in [-0.2, 0) is 30.0 Å². The Morgan fingerprint density at radius 2 is 1.54 bits per heavy atom. The van der Waals surface area contributed by atoms with Crippen molar-refractivity contribution in [1.29, 1.82) is 0 Å². The first-order chi connectivity index (χ1) is 26.2. The van der Waals surface area contributed by atoms with Gasteiger partial charge in [-0.3, -0.25) is 19.2 Å². The minimum absolute atomic E-state index is 0.0307. The van der Waals surface area contributed by atoms with Crippen LogP contribution in [0.15, 0.2) is 30.0 Å². The lowest BCUT2D eigenvalue weighted by molar-refractivity contribution is -0.124. The number of amides is 3. The first-order valence-corrected chi connectivity index (χ1v) is 20.8. The molecular weight excluding hydrogens is 703 g/mol. The quantitative estimate of drug-likeness (QED) is 0.155. The van der Waals surface area contributed by atoms with Crippen molar-refractivity contribution in [2.75, 3.05) is 22.1 Å². The van der Waals surface area contributed by atoms with Crippen LogP contribution >= 0.6 is 0 Å². The second-order valence-corrected chi connectivity index (χ2v) is 18.0. The second kappa shape index (κ2) is 16.2. The van der Waals surface area contributed by atoms with Gasteiger partial charge in [0.2, 0.25) is 28.9 Å². The highest BCUT2D eigenvalue weighted by atomic mass is 16.3. The molecule has 3 aliphatic rings. The number of allylic oxidation sites excluding steroid dienone is 2. The van der Waals surface area contributed by atoms with Crippen LogP contribution in [0.2, 0.25) is 0 Å². The van der Waals surface area contributed by atoms with Gasteiger partial charge in [0.25, 0.3) is 0 Å². The SMILES string of the molecule is CCCCC(CC)CNC(=O)CCC(=O)Nc1cc2c(c/c1=C1/C(=O)C(c3cc4c(cc3NC(C)=O)N(C(C)C)C(C)C4(C)C)=C1O)C(C)(C)C(C)[N+]=2C(C)C. The number of fused-ring (bicyclic) bond motifs is 2. The smallest absolute Gasteiger partial charge is 0.224 e. The summed E-state index contributed by atoms with van der Waals surface area (Å²) in [7, 11) is 0. The van der Waals surface area contributed by atoms with E-state index in [9.17, 15) is 24.3 Å². The first kappa shape index (κ1) is 42.7. The summed E-state index contributed by atoms with van der Waals surface area (Å²) >= 11 is 0. The predicted molar refractivity (Wildman–Crippen MR) is 228 cm³/mol. The normalized spacial score (nSPS) is 20.9. The minimum Gasteiger partial charge on any atom is -0.506 e. The average molecular weight is 769 g/mol. The van der Waals surface area contributed by atoms with Gasteiger partial charge in [0, 0.05) is 71.9 Å². The molecule has 3 amide bonds. The van der Waals surface area contributed by atoms with Crippen LogP contribution in [0.5, 0.6) is 0 Å². The zero-order valence-electron chi connectivity index (χ0n) is 36.1. The molecule has 10 nitrogen and oxygen atoms in total. The Kier molecular flexibility index (Phi) is 12.3. The molecule has 0 fully saturated rings. The highest BCUT2D eigenvalue weighted by Crippen LogP contribution is 2.51. The predicted octanol–water partition coefficient (Wildman–Crippen LogP) is 6.87. The Morgan fingerprint density at radius 3 is 2.11 bits per heavy atom. The fourth-order valence-electron chi connectivity index (χ4n) is 9.09. The number of hydrogen-bond donors (Lipinski definition) is 4. The lowest BCUT2D eigenvalue weighted by Gasteiger charge is -2.34. The Hall–Kier alpha value is -4.47. The molecule has 0 radical (unpaired) electrons. The molecule has 304 valence electrons. The Labute approximate surface area is 333 Å². The van der Waals surface area contributed by atoms with E-state index in [-0.39, 0.29) is 88.2 Å². The van der Waals surface area contributed by atoms with Gasteiger partial charge < -0.3 is 26.0 Å². The molecule has 0 spiro atoms. The number of anilines is 3. The number of nitrogens with zero attached hydrogens (tertiary/aromatic N) is 2. The maximum absolute atomic E-state index is 14.5. The van der Waals surface area contributed by atoms with Gasteiger partial charge in [-0.2, -0.15) is 0 Å². The van der Waals surface area contributed by atoms with Crippen molar-refractivity contribution in [3.05, 3.63) is 57.3 Å². The number of ketones is 1. The zero-order valence-corrected chi connectivity index (χ0v) is 36.1. The van der Waals surface area contributed by atoms with E-state index in [0.29, 0.717) is 34.6 Å². The molecule has 0 saturated heterocycles. The van der Waals surface area contributed by atoms with Crippen molar-refractivity contribution in [3.8, 4) is 0 Å². The minimum atomic E-state index is -0.369. The van der Waals surface area contributed by atoms with Crippen molar-refractivity contribution >= 4 is 51.7 Å². The number of hydrogen-bond acceptors (Lipinski definition) is 6. The molecule has 3 atom stereocenters. The summed E-state index contributed by atoms with van der Waals surface area (Å²) in [5.41, 5.74) is 4.05. The molecule has 2 aliphatic heterocycles. The van der Waals surface area contributed by atoms with E-state index in [1.54, 1.807) is 0 Å². The summed E-state index contributed by atoms with van der Waals surface area (Å²) in [6.45, 7) is 27.9. The van der Waals surface area contributed by atoms with Crippen LogP contribution in [-0.4, -0.2) is 59.3 Å². The van der Waals surface area contributed by atoms with Crippen molar-refractivity contribution in [2.45, 2.75) is 164 Å². The van der Waals surface area contributed by atoms with Crippen molar-refractivity contribution in [3.63, 3.8) is 0 Å². The van der Waals surface area contributed by atoms with Gasteiger partial charge in [0.15, 0.2) is 6.04 Å². The number of benzene rings is 2. The van der Waals surface area contributed by atoms with Gasteiger partial charge in [0.05, 0.1) is 27.9 Å². The van der Waals surface area contributed by atoms with E-state index in [0.717, 1.165) is 47.9 Å². The largest absolute Gasteiger partial charge is 0.506 e. The van der Waals surface area contributed by atoms with E-state index in [2.05, 4.69) is 109 Å². The molecule has 1 aliphatic carbocycles. The Morgan fingerprint density at radius 1 is 0.875 bits per heavy atom. The molecule has 56 heavy (non-hydrogen) atoms. The van der Waals surface area contributed by atoms with Gasteiger partial charge in [-0.05, 0) is 91.5 Å². The van der Waals surface area contributed by atoms with Gasteiger partial charge in [-0.15, -0.1) is 0 Å². The van der Waals surface area contributed by atoms with Gasteiger partial charge in [-0.1, -0.05) is 47.0 Å². The van der Waals surface area contributed by atoms with E-state index in [1.807, 2.05) is 24.3 Å². The lowest BCUT2D eigenvalue weighted by atomic mass is 9.76. The number of rotatable bonds is 14. The fourth-order valence-corrected chi connectivity index (χ4v) is 9.09. The molecule has 0 aromatic heterocycles. The number of Topliss-reactive ketones (excluding diaryl/α,β-unsaturated/α-hetero) is 1. The number of carbonyl (C=O) groups excluding carboxylic acids is 4. The van der Waals surface area contributed by atoms with Gasteiger partial charge in [0.1, 0.15) is 11.8 Å². The monoisotopic (exact) mass is 769 g/mol. The number of carbonyl (C=O) groups is 4. The third-order valence-electron chi connectivity index (χ3n) is 13.0. The van der Waals surface area contributed by atoms with Crippen molar-refractivity contribution in [1.82, 2.24) is 9.89 Å². The summed E-state index contributed by atoms with van der Waals surface area (Å²) in [4.78, 5) is 55.8. The molecule has 2 aromatic rings. The molecule has 2 aromatic carbocycles. The van der Waals surface area contributed by atoms with Crippen LogP contribution in [0, 0.1) is 5.92 Å². The second-order valence-electron chi connectivity index (χ2n) is 18.0. The van der Waals surface area contributed by atoms with Crippen LogP contribution in [0.25, 0.3) is 11.1 Å². The highest BCUT2D eigenvalue weighted by molar-refractivity contribution is 6.52. The van der Waals surface area contributed by atoms with Crippen LogP contribution < -0.4 is 36.0 Å². The summed E-state index contributed by atoms with van der Waals surface area (Å²) in [6, 6.07) is 8.38. The topological polar surface area (TPSA) is 131 Å². The maximum atomic E-state index is 14.5. The third-order valence-corrected chi connectivity index (χ3v) is 13.0. The Balaban J connectivity index is 1.61. The number of nitrogens with one attached hydrogen (secondary N) is 3. The Bertz CT molecular complexity index is 2090. The molecular formula is C46H66N5O5+. The molecule has 4 N–H and O–H groups in total. The number of aliphatic hydroxyl groups is 1. The first-order valence-electron chi connectivity index (χ1n) is 20.8. The van der Waals surface area contributed by atoms with E-state index < -0.39 is 0 Å². The summed E-state index contributed by atoms with van der Waals surface area (Å²) < 4.78 is 2.33. The average Bonchev–Trinajstić information content (AvgIpc) is 3.43. The number of unbranched alkanes of at least 4 members (excludes halogenated alkanes) is 1. The summed E-state index contributed by atoms with van der Waals surface area (Å²) in [5.74, 6) is -0.942. The highest BCUT2D eigenvalue weighted by Gasteiger charge is 2.48. The van der Waals surface area contributed by atoms with Crippen LogP contribution in [0.1, 0.15) is 145 Å². The lowest BCUT2D eigenvalue weighted by Crippen LogP contribution is -2.42. The van der Waals surface area contributed by atoms with Gasteiger partial charge >= 0.3 is 0 Å². The van der Waals surface area contributed by atoms with Crippen LogP contribution in [0.3, 0.4) is 0 Å². The van der Waals surface area contributed by atoms with E-state index in [1.165, 1.54) is 6.92 Å². The molecule has 5 rings (SSSR count). The molecule has 0 bridgehead atoms. The van der Waals surface area contributed by atoms with Crippen molar-refractivity contribution in [2.24, 2.45) is 5.92 Å². The molecule has 3 unspecified atom stereocenters. The number of aliphatic hydroxyl groups excluding tert-OH is 1. The molecule has 0 saturated carbocycles. The summed E-state index contributed by atoms with van der Waals surface area (Å²) in [6.07, 6.45) is 4.29. The molecule has 10 heteroatoms. The van der Waals surface area contributed by atoms with Crippen LogP contribution in [0.4, 0.5) is 17.1 Å². The molecule has 2 heterocycles.